The predicted octanol–water partition coefficient (Wildman–Crippen LogP) is 5.36. The molecule has 31 heavy (non-hydrogen) atoms. The highest BCUT2D eigenvalue weighted by Gasteiger charge is 2.18. The van der Waals surface area contributed by atoms with Crippen LogP contribution in [0.1, 0.15) is 10.4 Å². The Morgan fingerprint density at radius 3 is 2.35 bits per heavy atom. The third-order valence-electron chi connectivity index (χ3n) is 4.64. The van der Waals surface area contributed by atoms with Crippen LogP contribution in [-0.2, 0) is 0 Å². The average Bonchev–Trinajstić information content (AvgIpc) is 3.36. The van der Waals surface area contributed by atoms with E-state index < -0.39 is 0 Å². The van der Waals surface area contributed by atoms with Crippen LogP contribution in [-0.4, -0.2) is 42.8 Å². The second-order valence-corrected chi connectivity index (χ2v) is 8.38. The summed E-state index contributed by atoms with van der Waals surface area (Å²) < 4.78 is 16.1. The molecule has 0 aliphatic heterocycles. The van der Waals surface area contributed by atoms with Gasteiger partial charge in [0.15, 0.2) is 23.1 Å². The number of methoxy groups -OCH3 is 3. The number of hydrogen-bond acceptors (Lipinski definition) is 8. The number of rotatable bonds is 8. The molecule has 0 radical (unpaired) electrons. The lowest BCUT2D eigenvalue weighted by atomic mass is 10.1. The van der Waals surface area contributed by atoms with E-state index in [0.717, 1.165) is 20.8 Å². The van der Waals surface area contributed by atoms with E-state index in [0.29, 0.717) is 28.6 Å². The Morgan fingerprint density at radius 2 is 1.71 bits per heavy atom. The minimum atomic E-state index is -0.0652. The van der Waals surface area contributed by atoms with E-state index in [9.17, 15) is 4.79 Å². The summed E-state index contributed by atoms with van der Waals surface area (Å²) in [5, 5.41) is 3.69. The van der Waals surface area contributed by atoms with E-state index >= 15 is 0 Å². The number of thioether (sulfide) groups is 1. The van der Waals surface area contributed by atoms with Crippen LogP contribution in [0.4, 0.5) is 0 Å². The van der Waals surface area contributed by atoms with Gasteiger partial charge in [0.05, 0.1) is 37.5 Å². The molecule has 8 heteroatoms. The van der Waals surface area contributed by atoms with Gasteiger partial charge in [-0.05, 0) is 29.6 Å². The van der Waals surface area contributed by atoms with Gasteiger partial charge in [0, 0.05) is 10.9 Å². The second-order valence-electron chi connectivity index (χ2n) is 6.47. The van der Waals surface area contributed by atoms with Crippen molar-refractivity contribution in [1.29, 1.82) is 0 Å². The molecule has 0 fully saturated rings. The summed E-state index contributed by atoms with van der Waals surface area (Å²) >= 11 is 2.98. The maximum atomic E-state index is 13.0. The highest BCUT2D eigenvalue weighted by Crippen LogP contribution is 2.39. The number of ether oxygens (including phenoxy) is 3. The van der Waals surface area contributed by atoms with E-state index in [-0.39, 0.29) is 11.5 Å². The van der Waals surface area contributed by atoms with Gasteiger partial charge in [-0.15, -0.1) is 11.3 Å². The topological polar surface area (TPSA) is 70.5 Å². The van der Waals surface area contributed by atoms with Crippen LogP contribution in [0.3, 0.4) is 0 Å². The number of para-hydroxylation sites is 1. The summed E-state index contributed by atoms with van der Waals surface area (Å²) in [6.45, 7) is 0. The Hall–Kier alpha value is -3.10. The minimum absolute atomic E-state index is 0.0652. The lowest BCUT2D eigenvalue weighted by Crippen LogP contribution is -2.05. The molecule has 2 aromatic heterocycles. The number of aromatic nitrogens is 2. The molecule has 0 bridgehead atoms. The predicted molar refractivity (Wildman–Crippen MR) is 124 cm³/mol. The molecule has 0 atom stereocenters. The number of ketones is 1. The van der Waals surface area contributed by atoms with Gasteiger partial charge in [-0.2, -0.15) is 0 Å². The van der Waals surface area contributed by atoms with Crippen molar-refractivity contribution in [1.82, 2.24) is 9.97 Å². The first-order valence-electron chi connectivity index (χ1n) is 9.41. The third-order valence-corrected chi connectivity index (χ3v) is 6.49. The van der Waals surface area contributed by atoms with E-state index in [1.165, 1.54) is 33.1 Å². The monoisotopic (exact) mass is 452 g/mol. The van der Waals surface area contributed by atoms with Crippen LogP contribution in [0.25, 0.3) is 21.6 Å². The van der Waals surface area contributed by atoms with Gasteiger partial charge in [-0.3, -0.25) is 4.79 Å². The number of benzene rings is 2. The zero-order chi connectivity index (χ0) is 21.8. The number of nitrogens with zero attached hydrogens (tertiary/aromatic N) is 2. The largest absolute Gasteiger partial charge is 0.493 e. The van der Waals surface area contributed by atoms with Crippen LogP contribution in [0, 0.1) is 0 Å². The average molecular weight is 453 g/mol. The SMILES string of the molecule is COc1cc(C(=O)CSc2nc(-c3cccs3)nc3ccccc23)cc(OC)c1OC. The Labute approximate surface area is 188 Å². The molecule has 0 saturated carbocycles. The number of carbonyl (C=O) groups excluding carboxylic acids is 1. The van der Waals surface area contributed by atoms with Crippen molar-refractivity contribution in [2.24, 2.45) is 0 Å². The molecule has 4 aromatic rings. The summed E-state index contributed by atoms with van der Waals surface area (Å²) in [5.74, 6) is 2.16. The number of carbonyl (C=O) groups is 1. The van der Waals surface area contributed by atoms with Crippen LogP contribution in [0.2, 0.25) is 0 Å². The second kappa shape index (κ2) is 9.36. The molecule has 0 amide bonds. The van der Waals surface area contributed by atoms with Crippen molar-refractivity contribution in [2.75, 3.05) is 27.1 Å². The summed E-state index contributed by atoms with van der Waals surface area (Å²) in [6, 6.07) is 15.1. The van der Waals surface area contributed by atoms with Crippen molar-refractivity contribution < 1.29 is 19.0 Å². The van der Waals surface area contributed by atoms with Gasteiger partial charge in [0.2, 0.25) is 5.75 Å². The van der Waals surface area contributed by atoms with Gasteiger partial charge in [-0.25, -0.2) is 9.97 Å². The lowest BCUT2D eigenvalue weighted by molar-refractivity contribution is 0.102. The van der Waals surface area contributed by atoms with Crippen LogP contribution in [0.5, 0.6) is 17.2 Å². The quantitative estimate of drug-likeness (QED) is 0.202. The van der Waals surface area contributed by atoms with Crippen molar-refractivity contribution in [2.45, 2.75) is 5.03 Å². The molecule has 0 aliphatic carbocycles. The Balaban J connectivity index is 1.64. The number of thiophene rings is 1. The molecule has 6 nitrogen and oxygen atoms in total. The molecule has 0 unspecified atom stereocenters. The van der Waals surface area contributed by atoms with E-state index in [4.69, 9.17) is 19.2 Å². The smallest absolute Gasteiger partial charge is 0.203 e. The van der Waals surface area contributed by atoms with Gasteiger partial charge >= 0.3 is 0 Å². The first kappa shape index (κ1) is 21.1. The Morgan fingerprint density at radius 1 is 0.968 bits per heavy atom. The molecule has 2 aromatic carbocycles. The van der Waals surface area contributed by atoms with Gasteiger partial charge < -0.3 is 14.2 Å². The molecule has 4 rings (SSSR count). The first-order valence-corrected chi connectivity index (χ1v) is 11.3. The zero-order valence-electron chi connectivity index (χ0n) is 17.2. The number of hydrogen-bond donors (Lipinski definition) is 0. The molecule has 0 N–H and O–H groups in total. The maximum Gasteiger partial charge on any atom is 0.203 e. The highest BCUT2D eigenvalue weighted by atomic mass is 32.2. The molecule has 0 spiro atoms. The fraction of sp³-hybridized carbons (Fsp3) is 0.174. The fourth-order valence-electron chi connectivity index (χ4n) is 3.13. The van der Waals surface area contributed by atoms with Gasteiger partial charge in [-0.1, -0.05) is 36.0 Å². The summed E-state index contributed by atoms with van der Waals surface area (Å²) in [6.07, 6.45) is 0. The van der Waals surface area contributed by atoms with Crippen LogP contribution in [0.15, 0.2) is 58.9 Å². The summed E-state index contributed by atoms with van der Waals surface area (Å²) in [5.41, 5.74) is 1.34. The molecule has 0 aliphatic rings. The summed E-state index contributed by atoms with van der Waals surface area (Å²) in [7, 11) is 4.59. The Bertz CT molecular complexity index is 1200. The maximum absolute atomic E-state index is 13.0. The molecule has 158 valence electrons. The molecule has 0 saturated heterocycles. The van der Waals surface area contributed by atoms with Crippen molar-refractivity contribution in [3.8, 4) is 28.0 Å². The van der Waals surface area contributed by atoms with Gasteiger partial charge in [0.25, 0.3) is 0 Å². The standard InChI is InChI=1S/C23H20N2O4S2/c1-27-18-11-14(12-19(28-2)21(18)29-3)17(26)13-31-23-15-7-4-5-8-16(15)24-22(25-23)20-9-6-10-30-20/h4-12H,13H2,1-3H3. The lowest BCUT2D eigenvalue weighted by Gasteiger charge is -2.13. The van der Waals surface area contributed by atoms with Crippen molar-refractivity contribution in [3.63, 3.8) is 0 Å². The first-order chi connectivity index (χ1) is 15.1. The third kappa shape index (κ3) is 4.35. The summed E-state index contributed by atoms with van der Waals surface area (Å²) in [4.78, 5) is 23.4. The minimum Gasteiger partial charge on any atom is -0.493 e. The zero-order valence-corrected chi connectivity index (χ0v) is 18.9. The van der Waals surface area contributed by atoms with Crippen LogP contribution < -0.4 is 14.2 Å². The van der Waals surface area contributed by atoms with E-state index in [1.807, 2.05) is 41.8 Å². The van der Waals surface area contributed by atoms with Crippen molar-refractivity contribution >= 4 is 39.8 Å². The highest BCUT2D eigenvalue weighted by molar-refractivity contribution is 8.00. The molecule has 2 heterocycles. The van der Waals surface area contributed by atoms with E-state index in [1.54, 1.807) is 23.5 Å². The van der Waals surface area contributed by atoms with Gasteiger partial charge in [0.1, 0.15) is 5.03 Å². The van der Waals surface area contributed by atoms with E-state index in [2.05, 4.69) is 4.98 Å². The fourth-order valence-corrected chi connectivity index (χ4v) is 4.70. The van der Waals surface area contributed by atoms with Crippen LogP contribution >= 0.6 is 23.1 Å². The Kier molecular flexibility index (Phi) is 6.39. The molecular weight excluding hydrogens is 432 g/mol. The normalized spacial score (nSPS) is 10.8. The molecular formula is C23H20N2O4S2. The van der Waals surface area contributed by atoms with Crippen molar-refractivity contribution in [3.05, 3.63) is 59.5 Å². The number of Topliss-reactive ketones (excluding diaryl/α,β-unsaturated/α-hetero) is 1. The number of fused-ring (bicyclic) bond motifs is 1.